The molecule has 0 unspecified atom stereocenters. The van der Waals surface area contributed by atoms with E-state index in [-0.39, 0.29) is 0 Å². The molecule has 27 heavy (non-hydrogen) atoms. The minimum atomic E-state index is 0.897. The smallest absolute Gasteiger partial charge is 0.106 e. The summed E-state index contributed by atoms with van der Waals surface area (Å²) in [6, 6.07) is 15.2. The van der Waals surface area contributed by atoms with Gasteiger partial charge in [-0.05, 0) is 36.4 Å². The molecule has 2 heterocycles. The molecule has 0 radical (unpaired) electrons. The lowest BCUT2D eigenvalue weighted by molar-refractivity contribution is 0.110. The summed E-state index contributed by atoms with van der Waals surface area (Å²) in [4.78, 5) is 9.48. The van der Waals surface area contributed by atoms with Crippen molar-refractivity contribution in [3.63, 3.8) is 0 Å². The van der Waals surface area contributed by atoms with E-state index >= 15 is 0 Å². The van der Waals surface area contributed by atoms with Crippen LogP contribution in [0.1, 0.15) is 11.1 Å². The number of fused-ring (bicyclic) bond motifs is 2. The van der Waals surface area contributed by atoms with E-state index in [0.29, 0.717) is 0 Å². The highest BCUT2D eigenvalue weighted by Crippen LogP contribution is 2.42. The SMILES string of the molecule is C=C(N(C)CN1CCN(C)CC1)N1c2ccccc2Cc2ccc(Br)cc21. The molecule has 4 rings (SSSR count). The Balaban J connectivity index is 1.62. The minimum absolute atomic E-state index is 0.897. The molecule has 0 saturated carbocycles. The Kier molecular flexibility index (Phi) is 5.26. The number of hydrogen-bond donors (Lipinski definition) is 0. The van der Waals surface area contributed by atoms with Gasteiger partial charge in [0.05, 0.1) is 18.0 Å². The molecule has 0 N–H and O–H groups in total. The summed E-state index contributed by atoms with van der Waals surface area (Å²) in [5.74, 6) is 1.01. The average Bonchev–Trinajstić information content (AvgIpc) is 2.67. The molecule has 0 aliphatic carbocycles. The van der Waals surface area contributed by atoms with Crippen LogP contribution in [-0.2, 0) is 6.42 Å². The van der Waals surface area contributed by atoms with Gasteiger partial charge in [0.15, 0.2) is 0 Å². The second-order valence-electron chi connectivity index (χ2n) is 7.59. The van der Waals surface area contributed by atoms with Gasteiger partial charge in [0.25, 0.3) is 0 Å². The van der Waals surface area contributed by atoms with Gasteiger partial charge in [-0.25, -0.2) is 0 Å². The molecule has 0 spiro atoms. The zero-order chi connectivity index (χ0) is 19.0. The first-order valence-corrected chi connectivity index (χ1v) is 10.3. The summed E-state index contributed by atoms with van der Waals surface area (Å²) in [6.45, 7) is 9.85. The molecule has 2 aromatic rings. The first kappa shape index (κ1) is 18.5. The summed E-state index contributed by atoms with van der Waals surface area (Å²) in [5.41, 5.74) is 5.14. The lowest BCUT2D eigenvalue weighted by Gasteiger charge is -2.41. The summed E-state index contributed by atoms with van der Waals surface area (Å²) >= 11 is 3.65. The molecule has 0 aromatic heterocycles. The molecule has 142 valence electrons. The average molecular weight is 427 g/mol. The lowest BCUT2D eigenvalue weighted by Crippen LogP contribution is -2.48. The predicted octanol–water partition coefficient (Wildman–Crippen LogP) is 4.10. The zero-order valence-electron chi connectivity index (χ0n) is 16.2. The maximum Gasteiger partial charge on any atom is 0.106 e. The van der Waals surface area contributed by atoms with Crippen molar-refractivity contribution in [1.29, 1.82) is 0 Å². The third kappa shape index (κ3) is 3.77. The topological polar surface area (TPSA) is 13.0 Å². The maximum absolute atomic E-state index is 4.49. The van der Waals surface area contributed by atoms with Crippen molar-refractivity contribution < 1.29 is 0 Å². The first-order chi connectivity index (χ1) is 13.0. The summed E-state index contributed by atoms with van der Waals surface area (Å²) < 4.78 is 1.10. The van der Waals surface area contributed by atoms with Crippen LogP contribution >= 0.6 is 15.9 Å². The van der Waals surface area contributed by atoms with E-state index < -0.39 is 0 Å². The second kappa shape index (κ2) is 7.66. The fraction of sp³-hybridized carbons (Fsp3) is 0.364. The number of para-hydroxylation sites is 1. The first-order valence-electron chi connectivity index (χ1n) is 9.50. The molecule has 2 aromatic carbocycles. The fourth-order valence-corrected chi connectivity index (χ4v) is 4.28. The number of likely N-dealkylation sites (N-methyl/N-ethyl adjacent to an activating group) is 1. The van der Waals surface area contributed by atoms with Crippen molar-refractivity contribution >= 4 is 27.3 Å². The van der Waals surface area contributed by atoms with Crippen molar-refractivity contribution in [1.82, 2.24) is 14.7 Å². The fourth-order valence-electron chi connectivity index (χ4n) is 3.93. The quantitative estimate of drug-likeness (QED) is 0.729. The van der Waals surface area contributed by atoms with Gasteiger partial charge in [0, 0.05) is 44.1 Å². The zero-order valence-corrected chi connectivity index (χ0v) is 17.7. The van der Waals surface area contributed by atoms with Crippen LogP contribution in [-0.4, -0.2) is 61.6 Å². The Labute approximate surface area is 170 Å². The molecule has 0 bridgehead atoms. The van der Waals surface area contributed by atoms with E-state index in [1.807, 2.05) is 0 Å². The van der Waals surface area contributed by atoms with Crippen molar-refractivity contribution in [2.45, 2.75) is 6.42 Å². The van der Waals surface area contributed by atoms with Gasteiger partial charge < -0.3 is 9.80 Å². The van der Waals surface area contributed by atoms with E-state index in [1.54, 1.807) is 0 Å². The van der Waals surface area contributed by atoms with E-state index in [1.165, 1.54) is 22.5 Å². The highest BCUT2D eigenvalue weighted by atomic mass is 79.9. The molecule has 1 saturated heterocycles. The standard InChI is InChI=1S/C22H27BrN4/c1-17(25(3)16-26-12-10-24(2)11-13-26)27-21-7-5-4-6-18(21)14-19-8-9-20(23)15-22(19)27/h4-9,15H,1,10-14,16H2,2-3H3. The predicted molar refractivity (Wildman–Crippen MR) is 116 cm³/mol. The largest absolute Gasteiger partial charge is 0.348 e. The summed E-state index contributed by atoms with van der Waals surface area (Å²) in [6.07, 6.45) is 0.963. The van der Waals surface area contributed by atoms with Gasteiger partial charge in [-0.2, -0.15) is 0 Å². The normalized spacial score (nSPS) is 17.4. The number of halogens is 1. The van der Waals surface area contributed by atoms with Crippen LogP contribution in [0.15, 0.2) is 59.3 Å². The van der Waals surface area contributed by atoms with Crippen LogP contribution in [0.5, 0.6) is 0 Å². The number of hydrogen-bond acceptors (Lipinski definition) is 4. The van der Waals surface area contributed by atoms with Crippen molar-refractivity contribution in [2.24, 2.45) is 0 Å². The molecular weight excluding hydrogens is 400 g/mol. The van der Waals surface area contributed by atoms with Gasteiger partial charge >= 0.3 is 0 Å². The monoisotopic (exact) mass is 426 g/mol. The van der Waals surface area contributed by atoms with Gasteiger partial charge in [-0.15, -0.1) is 0 Å². The van der Waals surface area contributed by atoms with E-state index in [4.69, 9.17) is 0 Å². The highest BCUT2D eigenvalue weighted by Gasteiger charge is 2.27. The second-order valence-corrected chi connectivity index (χ2v) is 8.51. The van der Waals surface area contributed by atoms with E-state index in [0.717, 1.165) is 49.6 Å². The molecule has 5 heteroatoms. The van der Waals surface area contributed by atoms with Crippen molar-refractivity contribution in [3.05, 3.63) is 70.5 Å². The van der Waals surface area contributed by atoms with Crippen LogP contribution < -0.4 is 4.90 Å². The van der Waals surface area contributed by atoms with Gasteiger partial charge in [0.1, 0.15) is 5.82 Å². The molecule has 0 amide bonds. The van der Waals surface area contributed by atoms with Gasteiger partial charge in [-0.1, -0.05) is 46.8 Å². The Morgan fingerprint density at radius 3 is 2.52 bits per heavy atom. The molecule has 2 aliphatic heterocycles. The number of piperazine rings is 1. The number of benzene rings is 2. The Morgan fingerprint density at radius 2 is 1.74 bits per heavy atom. The summed E-state index contributed by atoms with van der Waals surface area (Å²) in [5, 5.41) is 0. The van der Waals surface area contributed by atoms with Crippen molar-refractivity contribution in [3.8, 4) is 0 Å². The molecular formula is C22H27BrN4. The Morgan fingerprint density at radius 1 is 1.04 bits per heavy atom. The minimum Gasteiger partial charge on any atom is -0.348 e. The van der Waals surface area contributed by atoms with Crippen LogP contribution in [0, 0.1) is 0 Å². The summed E-state index contributed by atoms with van der Waals surface area (Å²) in [7, 11) is 4.34. The third-order valence-corrected chi connectivity index (χ3v) is 6.10. The number of nitrogens with zero attached hydrogens (tertiary/aromatic N) is 4. The van der Waals surface area contributed by atoms with Crippen molar-refractivity contribution in [2.75, 3.05) is 51.8 Å². The Hall–Kier alpha value is -1.82. The molecule has 0 atom stereocenters. The Bertz CT molecular complexity index is 842. The molecule has 4 nitrogen and oxygen atoms in total. The van der Waals surface area contributed by atoms with Gasteiger partial charge in [0.2, 0.25) is 0 Å². The van der Waals surface area contributed by atoms with Crippen LogP contribution in [0.4, 0.5) is 11.4 Å². The van der Waals surface area contributed by atoms with Crippen LogP contribution in [0.3, 0.4) is 0 Å². The van der Waals surface area contributed by atoms with Crippen LogP contribution in [0.25, 0.3) is 0 Å². The number of rotatable bonds is 4. The van der Waals surface area contributed by atoms with E-state index in [2.05, 4.69) is 98.7 Å². The lowest BCUT2D eigenvalue weighted by atomic mass is 9.95. The van der Waals surface area contributed by atoms with Crippen LogP contribution in [0.2, 0.25) is 0 Å². The van der Waals surface area contributed by atoms with E-state index in [9.17, 15) is 0 Å². The highest BCUT2D eigenvalue weighted by molar-refractivity contribution is 9.10. The number of anilines is 2. The maximum atomic E-state index is 4.49. The molecule has 2 aliphatic rings. The van der Waals surface area contributed by atoms with Gasteiger partial charge in [-0.3, -0.25) is 9.80 Å². The third-order valence-electron chi connectivity index (χ3n) is 5.61. The molecule has 1 fully saturated rings.